The van der Waals surface area contributed by atoms with Crippen molar-refractivity contribution in [2.75, 3.05) is 11.2 Å². The van der Waals surface area contributed by atoms with Gasteiger partial charge in [-0.2, -0.15) is 0 Å². The Morgan fingerprint density at radius 1 is 1.25 bits per heavy atom. The average molecular weight is 382 g/mol. The molecule has 2 aromatic carbocycles. The first-order chi connectivity index (χ1) is 11.6. The number of thioether (sulfide) groups is 1. The van der Waals surface area contributed by atoms with Crippen LogP contribution in [-0.2, 0) is 4.79 Å². The van der Waals surface area contributed by atoms with Gasteiger partial charge < -0.3 is 0 Å². The Labute approximate surface area is 151 Å². The van der Waals surface area contributed by atoms with Gasteiger partial charge in [-0.15, -0.1) is 11.8 Å². The maximum absolute atomic E-state index is 12.8. The fourth-order valence-corrected chi connectivity index (χ4v) is 3.92. The molecule has 1 heterocycles. The van der Waals surface area contributed by atoms with Gasteiger partial charge in [0.2, 0.25) is 11.0 Å². The van der Waals surface area contributed by atoms with Gasteiger partial charge in [-0.3, -0.25) is 15.6 Å². The Morgan fingerprint density at radius 3 is 2.79 bits per heavy atom. The van der Waals surface area contributed by atoms with Crippen LogP contribution in [0, 0.1) is 5.82 Å². The summed E-state index contributed by atoms with van der Waals surface area (Å²) in [5.74, 6) is 0.192. The van der Waals surface area contributed by atoms with Crippen LogP contribution in [0.25, 0.3) is 10.2 Å². The lowest BCUT2D eigenvalue weighted by atomic mass is 10.3. The Bertz CT molecular complexity index is 854. The van der Waals surface area contributed by atoms with Crippen LogP contribution in [0.2, 0.25) is 5.02 Å². The standard InChI is InChI=1S/C16H13ClFN3OS2/c17-12-2-1-3-13-15(12)19-16(24-13)21-20-14(22)8-9-23-11-6-4-10(18)5-7-11/h1-7H,8-9H2,(H,19,21)(H,20,22). The molecular formula is C16H13ClFN3OS2. The number of rotatable bonds is 6. The molecule has 8 heteroatoms. The highest BCUT2D eigenvalue weighted by Gasteiger charge is 2.08. The monoisotopic (exact) mass is 381 g/mol. The maximum Gasteiger partial charge on any atom is 0.239 e. The van der Waals surface area contributed by atoms with Gasteiger partial charge in [0.05, 0.1) is 9.72 Å². The van der Waals surface area contributed by atoms with Crippen LogP contribution in [0.3, 0.4) is 0 Å². The average Bonchev–Trinajstić information content (AvgIpc) is 2.99. The number of hydrazine groups is 1. The van der Waals surface area contributed by atoms with E-state index < -0.39 is 0 Å². The molecule has 0 unspecified atom stereocenters. The predicted molar refractivity (Wildman–Crippen MR) is 98.1 cm³/mol. The van der Waals surface area contributed by atoms with Gasteiger partial charge in [0.1, 0.15) is 11.3 Å². The second kappa shape index (κ2) is 7.83. The molecule has 0 atom stereocenters. The van der Waals surface area contributed by atoms with Gasteiger partial charge in [0, 0.05) is 17.1 Å². The number of amides is 1. The first kappa shape index (κ1) is 17.0. The van der Waals surface area contributed by atoms with Crippen LogP contribution in [0.4, 0.5) is 9.52 Å². The van der Waals surface area contributed by atoms with E-state index in [1.165, 1.54) is 35.2 Å². The van der Waals surface area contributed by atoms with E-state index in [1.807, 2.05) is 12.1 Å². The van der Waals surface area contributed by atoms with Crippen molar-refractivity contribution >= 4 is 56.0 Å². The molecule has 3 aromatic rings. The Hall–Kier alpha value is -1.83. The molecule has 0 bridgehead atoms. The highest BCUT2D eigenvalue weighted by Crippen LogP contribution is 2.30. The van der Waals surface area contributed by atoms with Crippen LogP contribution in [0.15, 0.2) is 47.4 Å². The van der Waals surface area contributed by atoms with Crippen molar-refractivity contribution in [2.24, 2.45) is 0 Å². The Morgan fingerprint density at radius 2 is 2.04 bits per heavy atom. The second-order valence-corrected chi connectivity index (χ2v) is 7.44. The summed E-state index contributed by atoms with van der Waals surface area (Å²) in [4.78, 5) is 17.1. The van der Waals surface area contributed by atoms with Crippen LogP contribution < -0.4 is 10.9 Å². The SMILES string of the molecule is O=C(CCSc1ccc(F)cc1)NNc1nc2c(Cl)cccc2s1. The molecule has 0 aliphatic rings. The first-order valence-corrected chi connectivity index (χ1v) is 9.28. The quantitative estimate of drug-likeness (QED) is 0.479. The van der Waals surface area contributed by atoms with Gasteiger partial charge in [-0.05, 0) is 36.4 Å². The van der Waals surface area contributed by atoms with Crippen LogP contribution in [0.5, 0.6) is 0 Å². The summed E-state index contributed by atoms with van der Waals surface area (Å²) in [7, 11) is 0. The molecule has 24 heavy (non-hydrogen) atoms. The number of benzene rings is 2. The number of nitrogens with zero attached hydrogens (tertiary/aromatic N) is 1. The summed E-state index contributed by atoms with van der Waals surface area (Å²) >= 11 is 8.98. The Kier molecular flexibility index (Phi) is 5.55. The maximum atomic E-state index is 12.8. The third-order valence-electron chi connectivity index (χ3n) is 3.09. The summed E-state index contributed by atoms with van der Waals surface area (Å²) in [6.07, 6.45) is 0.334. The van der Waals surface area contributed by atoms with Gasteiger partial charge in [-0.25, -0.2) is 9.37 Å². The number of aromatic nitrogens is 1. The lowest BCUT2D eigenvalue weighted by Crippen LogP contribution is -2.29. The minimum Gasteiger partial charge on any atom is -0.273 e. The molecule has 1 amide bonds. The molecule has 0 aliphatic carbocycles. The highest BCUT2D eigenvalue weighted by atomic mass is 35.5. The van der Waals surface area contributed by atoms with Crippen molar-refractivity contribution in [1.29, 1.82) is 0 Å². The number of anilines is 1. The van der Waals surface area contributed by atoms with Crippen LogP contribution >= 0.6 is 34.7 Å². The van der Waals surface area contributed by atoms with E-state index in [0.29, 0.717) is 27.8 Å². The van der Waals surface area contributed by atoms with Crippen LogP contribution in [-0.4, -0.2) is 16.6 Å². The van der Waals surface area contributed by atoms with Crippen LogP contribution in [0.1, 0.15) is 6.42 Å². The fraction of sp³-hybridized carbons (Fsp3) is 0.125. The number of fused-ring (bicyclic) bond motifs is 1. The van der Waals surface area contributed by atoms with Crippen molar-refractivity contribution < 1.29 is 9.18 Å². The predicted octanol–water partition coefficient (Wildman–Crippen LogP) is 4.71. The van der Waals surface area contributed by atoms with Gasteiger partial charge >= 0.3 is 0 Å². The zero-order valence-corrected chi connectivity index (χ0v) is 14.8. The number of carbonyl (C=O) groups is 1. The fourth-order valence-electron chi connectivity index (χ4n) is 1.95. The zero-order valence-electron chi connectivity index (χ0n) is 12.4. The van der Waals surface area contributed by atoms with Crippen molar-refractivity contribution in [3.05, 3.63) is 53.3 Å². The summed E-state index contributed by atoms with van der Waals surface area (Å²) in [6.45, 7) is 0. The molecule has 0 saturated carbocycles. The molecular weight excluding hydrogens is 369 g/mol. The minimum atomic E-state index is -0.266. The summed E-state index contributed by atoms with van der Waals surface area (Å²) < 4.78 is 13.8. The number of hydrogen-bond donors (Lipinski definition) is 2. The summed E-state index contributed by atoms with van der Waals surface area (Å²) in [5.41, 5.74) is 6.14. The van der Waals surface area contributed by atoms with E-state index in [9.17, 15) is 9.18 Å². The first-order valence-electron chi connectivity index (χ1n) is 7.10. The van der Waals surface area contributed by atoms with Crippen molar-refractivity contribution in [2.45, 2.75) is 11.3 Å². The van der Waals surface area contributed by atoms with E-state index in [1.54, 1.807) is 18.2 Å². The molecule has 0 spiro atoms. The van der Waals surface area contributed by atoms with Crippen molar-refractivity contribution in [3.8, 4) is 0 Å². The molecule has 0 radical (unpaired) electrons. The number of para-hydroxylation sites is 1. The largest absolute Gasteiger partial charge is 0.273 e. The van der Waals surface area contributed by atoms with Crippen molar-refractivity contribution in [1.82, 2.24) is 10.4 Å². The number of carbonyl (C=O) groups excluding carboxylic acids is 1. The smallest absolute Gasteiger partial charge is 0.239 e. The molecule has 2 N–H and O–H groups in total. The topological polar surface area (TPSA) is 54.0 Å². The molecule has 124 valence electrons. The molecule has 0 saturated heterocycles. The molecule has 3 rings (SSSR count). The van der Waals surface area contributed by atoms with E-state index in [4.69, 9.17) is 11.6 Å². The van der Waals surface area contributed by atoms with E-state index in [0.717, 1.165) is 9.60 Å². The lowest BCUT2D eigenvalue weighted by Gasteiger charge is -2.05. The summed E-state index contributed by atoms with van der Waals surface area (Å²) in [6, 6.07) is 11.8. The number of nitrogens with one attached hydrogen (secondary N) is 2. The lowest BCUT2D eigenvalue weighted by molar-refractivity contribution is -0.120. The normalized spacial score (nSPS) is 10.8. The third-order valence-corrected chi connectivity index (χ3v) is 5.34. The molecule has 0 aliphatic heterocycles. The minimum absolute atomic E-state index is 0.144. The number of halogens is 2. The van der Waals surface area contributed by atoms with Gasteiger partial charge in [-0.1, -0.05) is 29.0 Å². The Balaban J connectivity index is 1.46. The second-order valence-electron chi connectivity index (χ2n) is 4.83. The highest BCUT2D eigenvalue weighted by molar-refractivity contribution is 7.99. The van der Waals surface area contributed by atoms with Gasteiger partial charge in [0.15, 0.2) is 0 Å². The van der Waals surface area contributed by atoms with Gasteiger partial charge in [0.25, 0.3) is 0 Å². The van der Waals surface area contributed by atoms with E-state index >= 15 is 0 Å². The molecule has 0 fully saturated rings. The van der Waals surface area contributed by atoms with E-state index in [2.05, 4.69) is 15.8 Å². The number of hydrogen-bond acceptors (Lipinski definition) is 5. The summed E-state index contributed by atoms with van der Waals surface area (Å²) in [5, 5.41) is 1.16. The zero-order chi connectivity index (χ0) is 16.9. The molecule has 1 aromatic heterocycles. The van der Waals surface area contributed by atoms with E-state index in [-0.39, 0.29) is 11.7 Å². The molecule has 4 nitrogen and oxygen atoms in total. The third kappa shape index (κ3) is 4.37. The number of thiazole rings is 1. The van der Waals surface area contributed by atoms with Crippen molar-refractivity contribution in [3.63, 3.8) is 0 Å².